The van der Waals surface area contributed by atoms with Crippen LogP contribution in [0, 0.1) is 20.8 Å². The standard InChI is InChI=1S/C22H21O3P/c1-14-19(17-10-6-4-7-11-17)15(2)21(22(23)25-26-24)16(3)20(14)18-12-8-5-9-13-18/h4-13H,26H2,1-3H3. The maximum absolute atomic E-state index is 12.6. The van der Waals surface area contributed by atoms with Gasteiger partial charge in [0.2, 0.25) is 8.69 Å². The smallest absolute Gasteiger partial charge is 0.343 e. The van der Waals surface area contributed by atoms with Crippen LogP contribution in [0.5, 0.6) is 0 Å². The fourth-order valence-electron chi connectivity index (χ4n) is 3.70. The van der Waals surface area contributed by atoms with Crippen molar-refractivity contribution in [2.45, 2.75) is 20.8 Å². The molecule has 3 nitrogen and oxygen atoms in total. The lowest BCUT2D eigenvalue weighted by atomic mass is 9.83. The molecule has 4 heteroatoms. The van der Waals surface area contributed by atoms with E-state index in [1.54, 1.807) is 0 Å². The quantitative estimate of drug-likeness (QED) is 0.552. The van der Waals surface area contributed by atoms with Gasteiger partial charge in [-0.3, -0.25) is 4.57 Å². The molecular weight excluding hydrogens is 343 g/mol. The summed E-state index contributed by atoms with van der Waals surface area (Å²) in [6.45, 7) is 5.93. The number of rotatable bonds is 4. The fraction of sp³-hybridized carbons (Fsp3) is 0.136. The Balaban J connectivity index is 2.40. The molecular formula is C22H21O3P. The molecule has 26 heavy (non-hydrogen) atoms. The summed E-state index contributed by atoms with van der Waals surface area (Å²) in [5, 5.41) is 0. The maximum Gasteiger partial charge on any atom is 0.343 e. The van der Waals surface area contributed by atoms with E-state index >= 15 is 0 Å². The topological polar surface area (TPSA) is 43.4 Å². The molecule has 3 aromatic carbocycles. The molecule has 0 spiro atoms. The lowest BCUT2D eigenvalue weighted by Crippen LogP contribution is -2.09. The monoisotopic (exact) mass is 364 g/mol. The maximum atomic E-state index is 12.6. The van der Waals surface area contributed by atoms with Crippen LogP contribution in [0.2, 0.25) is 0 Å². The highest BCUT2D eigenvalue weighted by Gasteiger charge is 2.23. The first-order valence-electron chi connectivity index (χ1n) is 8.45. The van der Waals surface area contributed by atoms with Gasteiger partial charge in [0, 0.05) is 0 Å². The molecule has 1 unspecified atom stereocenters. The van der Waals surface area contributed by atoms with Gasteiger partial charge in [-0.25, -0.2) is 4.79 Å². The second-order valence-corrected chi connectivity index (χ2v) is 6.66. The molecule has 3 rings (SSSR count). The summed E-state index contributed by atoms with van der Waals surface area (Å²) in [4.78, 5) is 12.6. The van der Waals surface area contributed by atoms with Crippen molar-refractivity contribution in [2.24, 2.45) is 0 Å². The third-order valence-electron chi connectivity index (χ3n) is 4.73. The fourth-order valence-corrected chi connectivity index (χ4v) is 3.91. The minimum Gasteiger partial charge on any atom is -0.413 e. The lowest BCUT2D eigenvalue weighted by molar-refractivity contribution is 0.0754. The lowest BCUT2D eigenvalue weighted by Gasteiger charge is -2.21. The van der Waals surface area contributed by atoms with Crippen LogP contribution in [0.3, 0.4) is 0 Å². The van der Waals surface area contributed by atoms with Crippen LogP contribution in [-0.2, 0) is 9.09 Å². The molecule has 0 N–H and O–H groups in total. The van der Waals surface area contributed by atoms with E-state index < -0.39 is 14.7 Å². The van der Waals surface area contributed by atoms with Crippen LogP contribution >= 0.6 is 8.69 Å². The zero-order valence-electron chi connectivity index (χ0n) is 15.1. The molecule has 0 amide bonds. The highest BCUT2D eigenvalue weighted by molar-refractivity contribution is 7.18. The predicted octanol–water partition coefficient (Wildman–Crippen LogP) is 5.77. The Kier molecular flexibility index (Phi) is 5.39. The summed E-state index contributed by atoms with van der Waals surface area (Å²) < 4.78 is 15.9. The Hall–Kier alpha value is -2.64. The molecule has 132 valence electrons. The van der Waals surface area contributed by atoms with Crippen molar-refractivity contribution in [3.63, 3.8) is 0 Å². The molecule has 0 aliphatic carbocycles. The van der Waals surface area contributed by atoms with Crippen LogP contribution in [0.4, 0.5) is 0 Å². The van der Waals surface area contributed by atoms with Gasteiger partial charge in [0.05, 0.1) is 5.56 Å². The molecule has 0 radical (unpaired) electrons. The van der Waals surface area contributed by atoms with Crippen LogP contribution in [0.1, 0.15) is 27.0 Å². The minimum atomic E-state index is -1.59. The van der Waals surface area contributed by atoms with Gasteiger partial charge in [-0.2, -0.15) is 0 Å². The van der Waals surface area contributed by atoms with E-state index in [2.05, 4.69) is 6.92 Å². The molecule has 1 atom stereocenters. The van der Waals surface area contributed by atoms with Crippen molar-refractivity contribution < 1.29 is 13.9 Å². The van der Waals surface area contributed by atoms with Crippen molar-refractivity contribution in [1.29, 1.82) is 0 Å². The predicted molar refractivity (Wildman–Crippen MR) is 107 cm³/mol. The first-order chi connectivity index (χ1) is 12.6. The van der Waals surface area contributed by atoms with Crippen LogP contribution < -0.4 is 0 Å². The highest BCUT2D eigenvalue weighted by atomic mass is 31.1. The highest BCUT2D eigenvalue weighted by Crippen LogP contribution is 2.40. The molecule has 0 aromatic heterocycles. The minimum absolute atomic E-state index is 0.497. The molecule has 3 aromatic rings. The van der Waals surface area contributed by atoms with E-state index in [4.69, 9.17) is 4.52 Å². The first-order valence-corrected chi connectivity index (χ1v) is 9.39. The summed E-state index contributed by atoms with van der Waals surface area (Å²) in [7, 11) is -1.59. The van der Waals surface area contributed by atoms with Crippen molar-refractivity contribution in [2.75, 3.05) is 0 Å². The Labute approximate surface area is 154 Å². The Morgan fingerprint density at radius 3 is 1.54 bits per heavy atom. The average molecular weight is 364 g/mol. The Morgan fingerprint density at radius 1 is 0.731 bits per heavy atom. The van der Waals surface area contributed by atoms with Gasteiger partial charge in [-0.1, -0.05) is 60.7 Å². The van der Waals surface area contributed by atoms with E-state index in [-0.39, 0.29) is 0 Å². The average Bonchev–Trinajstić information content (AvgIpc) is 2.63. The summed E-state index contributed by atoms with van der Waals surface area (Å²) in [5.74, 6) is -0.528. The SMILES string of the molecule is Cc1c(C(=O)O[PH2]=O)c(C)c(-c2ccccc2)c(C)c1-c1ccccc1. The second-order valence-electron chi connectivity index (χ2n) is 6.23. The number of benzene rings is 3. The summed E-state index contributed by atoms with van der Waals surface area (Å²) in [6, 6.07) is 20.0. The number of hydrogen-bond donors (Lipinski definition) is 0. The van der Waals surface area contributed by atoms with E-state index in [1.807, 2.05) is 74.5 Å². The van der Waals surface area contributed by atoms with Crippen LogP contribution in [-0.4, -0.2) is 5.97 Å². The second kappa shape index (κ2) is 7.72. The molecule has 0 heterocycles. The van der Waals surface area contributed by atoms with Crippen molar-refractivity contribution in [3.8, 4) is 22.3 Å². The summed E-state index contributed by atoms with van der Waals surface area (Å²) in [5.41, 5.74) is 7.43. The molecule has 0 fully saturated rings. The van der Waals surface area contributed by atoms with Crippen LogP contribution in [0.25, 0.3) is 22.3 Å². The third kappa shape index (κ3) is 3.23. The number of carbonyl (C=O) groups is 1. The van der Waals surface area contributed by atoms with E-state index in [9.17, 15) is 9.36 Å². The molecule has 0 saturated carbocycles. The molecule has 0 aliphatic rings. The summed E-state index contributed by atoms with van der Waals surface area (Å²) >= 11 is 0. The molecule has 0 aliphatic heterocycles. The van der Waals surface area contributed by atoms with E-state index in [1.165, 1.54) is 0 Å². The molecule has 0 saturated heterocycles. The largest absolute Gasteiger partial charge is 0.413 e. The first kappa shape index (κ1) is 18.2. The zero-order chi connectivity index (χ0) is 18.7. The van der Waals surface area contributed by atoms with Gasteiger partial charge in [0.25, 0.3) is 0 Å². The van der Waals surface area contributed by atoms with Gasteiger partial charge >= 0.3 is 5.97 Å². The zero-order valence-corrected chi connectivity index (χ0v) is 16.2. The van der Waals surface area contributed by atoms with Crippen LogP contribution in [0.15, 0.2) is 60.7 Å². The Bertz CT molecular complexity index is 897. The van der Waals surface area contributed by atoms with Gasteiger partial charge in [0.1, 0.15) is 0 Å². The van der Waals surface area contributed by atoms with Gasteiger partial charge in [-0.15, -0.1) is 0 Å². The van der Waals surface area contributed by atoms with Crippen molar-refractivity contribution in [3.05, 3.63) is 82.9 Å². The number of carbonyl (C=O) groups excluding carboxylic acids is 1. The summed E-state index contributed by atoms with van der Waals surface area (Å²) in [6.07, 6.45) is 0. The third-order valence-corrected chi connectivity index (χ3v) is 5.04. The van der Waals surface area contributed by atoms with Crippen molar-refractivity contribution in [1.82, 2.24) is 0 Å². The normalized spacial score (nSPS) is 11.0. The van der Waals surface area contributed by atoms with Gasteiger partial charge < -0.3 is 4.52 Å². The van der Waals surface area contributed by atoms with Crippen molar-refractivity contribution >= 4 is 14.7 Å². The van der Waals surface area contributed by atoms with Gasteiger partial charge in [-0.05, 0) is 59.7 Å². The van der Waals surface area contributed by atoms with E-state index in [0.29, 0.717) is 5.56 Å². The Morgan fingerprint density at radius 2 is 1.15 bits per heavy atom. The van der Waals surface area contributed by atoms with E-state index in [0.717, 1.165) is 38.9 Å². The van der Waals surface area contributed by atoms with Gasteiger partial charge in [0.15, 0.2) is 0 Å². The number of hydrogen-bond acceptors (Lipinski definition) is 3. The molecule has 0 bridgehead atoms.